The van der Waals surface area contributed by atoms with Crippen molar-refractivity contribution in [2.24, 2.45) is 0 Å². The number of hydrogen-bond acceptors (Lipinski definition) is 4. The van der Waals surface area contributed by atoms with Gasteiger partial charge in [0.25, 0.3) is 0 Å². The zero-order valence-electron chi connectivity index (χ0n) is 11.9. The number of anilines is 1. The second kappa shape index (κ2) is 6.58. The van der Waals surface area contributed by atoms with Gasteiger partial charge in [0.1, 0.15) is 0 Å². The van der Waals surface area contributed by atoms with Gasteiger partial charge in [-0.25, -0.2) is 13.4 Å². The van der Waals surface area contributed by atoms with E-state index in [4.69, 9.17) is 0 Å². The lowest BCUT2D eigenvalue weighted by molar-refractivity contribution is 0.598. The summed E-state index contributed by atoms with van der Waals surface area (Å²) in [5.74, 6) is 0. The average Bonchev–Trinajstić information content (AvgIpc) is 2.41. The van der Waals surface area contributed by atoms with E-state index in [2.05, 4.69) is 45.3 Å². The molecule has 0 aliphatic rings. The summed E-state index contributed by atoms with van der Waals surface area (Å²) in [5.41, 5.74) is 2.05. The number of benzene rings is 1. The van der Waals surface area contributed by atoms with E-state index in [1.54, 1.807) is 12.3 Å². The van der Waals surface area contributed by atoms with Crippen molar-refractivity contribution in [2.45, 2.75) is 24.4 Å². The highest BCUT2D eigenvalue weighted by atomic mass is 79.9. The molecule has 2 aromatic rings. The van der Waals surface area contributed by atoms with Crippen LogP contribution in [0.1, 0.15) is 12.5 Å². The molecule has 1 N–H and O–H groups in total. The third-order valence-electron chi connectivity index (χ3n) is 2.98. The van der Waals surface area contributed by atoms with E-state index in [1.807, 2.05) is 12.1 Å². The SMILES string of the molecule is CC(Cc1ccc(Br)cc1)Nc1ccc(S(C)(=O)=O)nc1. The Bertz CT molecular complexity index is 697. The Balaban J connectivity index is 1.99. The minimum absolute atomic E-state index is 0.0913. The number of nitrogens with one attached hydrogen (secondary N) is 1. The average molecular weight is 369 g/mol. The highest BCUT2D eigenvalue weighted by Crippen LogP contribution is 2.15. The first-order chi connectivity index (χ1) is 9.84. The number of aromatic nitrogens is 1. The second-order valence-electron chi connectivity index (χ2n) is 5.03. The minimum Gasteiger partial charge on any atom is -0.381 e. The lowest BCUT2D eigenvalue weighted by Gasteiger charge is -2.15. The van der Waals surface area contributed by atoms with Crippen LogP contribution in [0.4, 0.5) is 5.69 Å². The van der Waals surface area contributed by atoms with Gasteiger partial charge in [-0.3, -0.25) is 0 Å². The van der Waals surface area contributed by atoms with Gasteiger partial charge in [0.05, 0.1) is 11.9 Å². The van der Waals surface area contributed by atoms with Crippen molar-refractivity contribution >= 4 is 31.5 Å². The molecule has 1 aromatic carbocycles. The fourth-order valence-electron chi connectivity index (χ4n) is 1.99. The zero-order valence-corrected chi connectivity index (χ0v) is 14.3. The molecule has 0 saturated carbocycles. The van der Waals surface area contributed by atoms with E-state index in [-0.39, 0.29) is 11.1 Å². The summed E-state index contributed by atoms with van der Waals surface area (Å²) < 4.78 is 23.8. The summed E-state index contributed by atoms with van der Waals surface area (Å²) in [7, 11) is -3.24. The summed E-state index contributed by atoms with van der Waals surface area (Å²) in [4.78, 5) is 3.96. The van der Waals surface area contributed by atoms with Gasteiger partial charge in [-0.15, -0.1) is 0 Å². The van der Waals surface area contributed by atoms with E-state index in [0.717, 1.165) is 22.8 Å². The lowest BCUT2D eigenvalue weighted by Crippen LogP contribution is -2.18. The maximum absolute atomic E-state index is 11.3. The summed E-state index contributed by atoms with van der Waals surface area (Å²) in [5, 5.41) is 3.41. The standard InChI is InChI=1S/C15H17BrN2O2S/c1-11(9-12-3-5-13(16)6-4-12)18-14-7-8-15(17-10-14)21(2,19)20/h3-8,10-11,18H,9H2,1-2H3. The van der Waals surface area contributed by atoms with E-state index in [9.17, 15) is 8.42 Å². The van der Waals surface area contributed by atoms with Crippen molar-refractivity contribution in [3.8, 4) is 0 Å². The summed E-state index contributed by atoms with van der Waals surface area (Å²) in [6.45, 7) is 2.08. The smallest absolute Gasteiger partial charge is 0.192 e. The Labute approximate surface area is 133 Å². The Hall–Kier alpha value is -1.40. The normalized spacial score (nSPS) is 12.9. The maximum Gasteiger partial charge on any atom is 0.192 e. The molecular formula is C15H17BrN2O2S. The highest BCUT2D eigenvalue weighted by molar-refractivity contribution is 9.10. The summed E-state index contributed by atoms with van der Waals surface area (Å²) in [6, 6.07) is 11.7. The highest BCUT2D eigenvalue weighted by Gasteiger charge is 2.09. The Morgan fingerprint density at radius 2 is 1.86 bits per heavy atom. The molecular weight excluding hydrogens is 352 g/mol. The molecule has 2 rings (SSSR count). The molecule has 1 atom stereocenters. The van der Waals surface area contributed by atoms with Crippen LogP contribution in [0.2, 0.25) is 0 Å². The molecule has 6 heteroatoms. The lowest BCUT2D eigenvalue weighted by atomic mass is 10.1. The minimum atomic E-state index is -3.24. The number of nitrogens with zero attached hydrogens (tertiary/aromatic N) is 1. The largest absolute Gasteiger partial charge is 0.381 e. The molecule has 21 heavy (non-hydrogen) atoms. The molecule has 0 aliphatic heterocycles. The van der Waals surface area contributed by atoms with Crippen molar-refractivity contribution in [3.63, 3.8) is 0 Å². The first-order valence-electron chi connectivity index (χ1n) is 6.52. The molecule has 1 heterocycles. The molecule has 0 fully saturated rings. The van der Waals surface area contributed by atoms with Gasteiger partial charge in [0.2, 0.25) is 0 Å². The molecule has 0 spiro atoms. The molecule has 4 nitrogen and oxygen atoms in total. The summed E-state index contributed by atoms with van der Waals surface area (Å²) in [6.07, 6.45) is 3.58. The van der Waals surface area contributed by atoms with Gasteiger partial charge < -0.3 is 5.32 Å². The Morgan fingerprint density at radius 3 is 2.38 bits per heavy atom. The third-order valence-corrected chi connectivity index (χ3v) is 4.51. The second-order valence-corrected chi connectivity index (χ2v) is 7.91. The molecule has 0 saturated heterocycles. The van der Waals surface area contributed by atoms with Gasteiger partial charge >= 0.3 is 0 Å². The maximum atomic E-state index is 11.3. The van der Waals surface area contributed by atoms with E-state index >= 15 is 0 Å². The first kappa shape index (κ1) is 16.0. The van der Waals surface area contributed by atoms with Crippen LogP contribution < -0.4 is 5.32 Å². The van der Waals surface area contributed by atoms with Crippen LogP contribution in [0.15, 0.2) is 52.1 Å². The molecule has 0 aliphatic carbocycles. The molecule has 0 bridgehead atoms. The molecule has 0 radical (unpaired) electrons. The molecule has 1 aromatic heterocycles. The number of halogens is 1. The van der Waals surface area contributed by atoms with Crippen LogP contribution in [0.5, 0.6) is 0 Å². The number of hydrogen-bond donors (Lipinski definition) is 1. The zero-order chi connectivity index (χ0) is 15.5. The number of pyridine rings is 1. The fourth-order valence-corrected chi connectivity index (χ4v) is 2.82. The van der Waals surface area contributed by atoms with Crippen molar-refractivity contribution in [2.75, 3.05) is 11.6 Å². The van der Waals surface area contributed by atoms with E-state index in [1.165, 1.54) is 11.6 Å². The van der Waals surface area contributed by atoms with Crippen LogP contribution in [-0.2, 0) is 16.3 Å². The van der Waals surface area contributed by atoms with Crippen molar-refractivity contribution in [1.82, 2.24) is 4.98 Å². The van der Waals surface area contributed by atoms with Gasteiger partial charge in [-0.1, -0.05) is 28.1 Å². The predicted molar refractivity (Wildman–Crippen MR) is 88.3 cm³/mol. The topological polar surface area (TPSA) is 59.1 Å². The van der Waals surface area contributed by atoms with Crippen LogP contribution in [0, 0.1) is 0 Å². The number of sulfone groups is 1. The van der Waals surface area contributed by atoms with Crippen LogP contribution >= 0.6 is 15.9 Å². The van der Waals surface area contributed by atoms with Crippen molar-refractivity contribution in [1.29, 1.82) is 0 Å². The first-order valence-corrected chi connectivity index (χ1v) is 9.20. The quantitative estimate of drug-likeness (QED) is 0.879. The predicted octanol–water partition coefficient (Wildman–Crippen LogP) is 3.29. The molecule has 0 amide bonds. The third kappa shape index (κ3) is 4.82. The molecule has 112 valence electrons. The van der Waals surface area contributed by atoms with Gasteiger partial charge in [0, 0.05) is 16.8 Å². The monoisotopic (exact) mass is 368 g/mol. The Morgan fingerprint density at radius 1 is 1.19 bits per heavy atom. The Kier molecular flexibility index (Phi) is 5.00. The van der Waals surface area contributed by atoms with E-state index in [0.29, 0.717) is 0 Å². The van der Waals surface area contributed by atoms with Gasteiger partial charge in [-0.05, 0) is 43.2 Å². The van der Waals surface area contributed by atoms with Crippen molar-refractivity contribution in [3.05, 3.63) is 52.6 Å². The van der Waals surface area contributed by atoms with Crippen molar-refractivity contribution < 1.29 is 8.42 Å². The fraction of sp³-hybridized carbons (Fsp3) is 0.267. The van der Waals surface area contributed by atoms with Gasteiger partial charge in [-0.2, -0.15) is 0 Å². The van der Waals surface area contributed by atoms with Gasteiger partial charge in [0.15, 0.2) is 14.9 Å². The van der Waals surface area contributed by atoms with Crippen LogP contribution in [0.25, 0.3) is 0 Å². The summed E-state index contributed by atoms with van der Waals surface area (Å²) >= 11 is 3.42. The van der Waals surface area contributed by atoms with Crippen LogP contribution in [0.3, 0.4) is 0 Å². The molecule has 1 unspecified atom stereocenters. The van der Waals surface area contributed by atoms with Crippen LogP contribution in [-0.4, -0.2) is 25.7 Å². The van der Waals surface area contributed by atoms with E-state index < -0.39 is 9.84 Å². The number of rotatable bonds is 5.